The van der Waals surface area contributed by atoms with E-state index in [1.54, 1.807) is 12.2 Å². The predicted molar refractivity (Wildman–Crippen MR) is 207 cm³/mol. The third-order valence-electron chi connectivity index (χ3n) is 7.06. The lowest BCUT2D eigenvalue weighted by Gasteiger charge is -2.18. The summed E-state index contributed by atoms with van der Waals surface area (Å²) in [6, 6.07) is 0. The molecule has 0 radical (unpaired) electrons. The van der Waals surface area contributed by atoms with Gasteiger partial charge in [0, 0.05) is 19.3 Å². The highest BCUT2D eigenvalue weighted by Gasteiger charge is 2.23. The van der Waals surface area contributed by atoms with Gasteiger partial charge in [0.15, 0.2) is 11.9 Å². The second-order valence-corrected chi connectivity index (χ2v) is 13.1. The van der Waals surface area contributed by atoms with Crippen LogP contribution in [0.25, 0.3) is 0 Å². The molecular formula is C41H63O9P. The van der Waals surface area contributed by atoms with Crippen molar-refractivity contribution in [2.45, 2.75) is 129 Å². The monoisotopic (exact) mass is 730 g/mol. The minimum atomic E-state index is -4.83. The Morgan fingerprint density at radius 1 is 0.588 bits per heavy atom. The molecule has 2 N–H and O–H groups in total. The third-order valence-corrected chi connectivity index (χ3v) is 7.55. The van der Waals surface area contributed by atoms with Gasteiger partial charge in [-0.1, -0.05) is 118 Å². The Morgan fingerprint density at radius 2 is 1.12 bits per heavy atom. The van der Waals surface area contributed by atoms with Crippen LogP contribution in [-0.2, 0) is 32.9 Å². The zero-order valence-electron chi connectivity index (χ0n) is 30.9. The van der Waals surface area contributed by atoms with Crippen LogP contribution in [0.3, 0.4) is 0 Å². The first-order valence-electron chi connectivity index (χ1n) is 18.5. The van der Waals surface area contributed by atoms with Gasteiger partial charge in [-0.15, -0.1) is 0 Å². The molecular weight excluding hydrogens is 667 g/mol. The minimum absolute atomic E-state index is 0.0923. The highest BCUT2D eigenvalue weighted by molar-refractivity contribution is 7.46. The van der Waals surface area contributed by atoms with E-state index < -0.39 is 39.1 Å². The van der Waals surface area contributed by atoms with Gasteiger partial charge in [0.1, 0.15) is 6.61 Å². The first-order valence-corrected chi connectivity index (χ1v) is 20.0. The maximum Gasteiger partial charge on any atom is 0.469 e. The highest BCUT2D eigenvalue weighted by atomic mass is 31.2. The second-order valence-electron chi connectivity index (χ2n) is 11.8. The van der Waals surface area contributed by atoms with Crippen LogP contribution in [0.4, 0.5) is 0 Å². The smallest absolute Gasteiger partial charge is 0.462 e. The summed E-state index contributed by atoms with van der Waals surface area (Å²) >= 11 is 0. The van der Waals surface area contributed by atoms with Crippen molar-refractivity contribution in [2.24, 2.45) is 0 Å². The number of unbranched alkanes of at least 4 members (excludes halogenated alkanes) is 5. The number of carbonyl (C=O) groups is 3. The van der Waals surface area contributed by atoms with Gasteiger partial charge in [0.2, 0.25) is 0 Å². The van der Waals surface area contributed by atoms with Crippen LogP contribution in [0, 0.1) is 0 Å². The molecule has 0 fully saturated rings. The average Bonchev–Trinajstić information content (AvgIpc) is 3.09. The number of phosphoric acid groups is 1. The Hall–Kier alpha value is -3.36. The third kappa shape index (κ3) is 37.7. The number of esters is 2. The number of carbonyl (C=O) groups excluding carboxylic acids is 3. The Morgan fingerprint density at radius 3 is 1.69 bits per heavy atom. The van der Waals surface area contributed by atoms with Gasteiger partial charge in [-0.25, -0.2) is 4.57 Å². The number of hydrogen-bond acceptors (Lipinski definition) is 7. The van der Waals surface area contributed by atoms with E-state index in [0.29, 0.717) is 6.42 Å². The molecule has 0 aliphatic rings. The molecule has 0 aromatic carbocycles. The molecule has 0 aromatic rings. The zero-order valence-corrected chi connectivity index (χ0v) is 31.8. The van der Waals surface area contributed by atoms with E-state index in [-0.39, 0.29) is 31.5 Å². The largest absolute Gasteiger partial charge is 0.469 e. The Bertz CT molecular complexity index is 1200. The number of allylic oxidation sites excluding steroid dienone is 16. The minimum Gasteiger partial charge on any atom is -0.462 e. The first-order chi connectivity index (χ1) is 24.7. The molecule has 286 valence electrons. The molecule has 0 unspecified atom stereocenters. The van der Waals surface area contributed by atoms with Crippen molar-refractivity contribution in [3.05, 3.63) is 97.2 Å². The maximum absolute atomic E-state index is 12.3. The number of ether oxygens (including phenoxy) is 2. The molecule has 0 spiro atoms. The highest BCUT2D eigenvalue weighted by Crippen LogP contribution is 2.35. The predicted octanol–water partition coefficient (Wildman–Crippen LogP) is 10.2. The van der Waals surface area contributed by atoms with E-state index in [2.05, 4.69) is 91.3 Å². The molecule has 0 bridgehead atoms. The molecule has 0 aliphatic carbocycles. The van der Waals surface area contributed by atoms with E-state index in [0.717, 1.165) is 57.8 Å². The molecule has 0 aliphatic heterocycles. The summed E-state index contributed by atoms with van der Waals surface area (Å²) in [6.45, 7) is 3.27. The van der Waals surface area contributed by atoms with Crippen molar-refractivity contribution in [1.82, 2.24) is 0 Å². The van der Waals surface area contributed by atoms with Crippen LogP contribution in [0.1, 0.15) is 123 Å². The molecule has 10 heteroatoms. The molecule has 1 atom stereocenters. The Kier molecular flexibility index (Phi) is 32.8. The Balaban J connectivity index is 4.30. The second kappa shape index (κ2) is 35.1. The number of ketones is 1. The van der Waals surface area contributed by atoms with Gasteiger partial charge < -0.3 is 19.3 Å². The molecule has 0 amide bonds. The van der Waals surface area contributed by atoms with Crippen molar-refractivity contribution >= 4 is 25.5 Å². The van der Waals surface area contributed by atoms with E-state index >= 15 is 0 Å². The summed E-state index contributed by atoms with van der Waals surface area (Å²) < 4.78 is 26.1. The summed E-state index contributed by atoms with van der Waals surface area (Å²) in [4.78, 5) is 54.8. The quantitative estimate of drug-likeness (QED) is 0.0173. The van der Waals surface area contributed by atoms with E-state index in [1.165, 1.54) is 25.3 Å². The SMILES string of the molecule is CC/C=C\C/C=C\C/C=C\C/C=C\CCCCC(=O)OC[C@H](COP(=O)(O)O)OC(=O)CCCC(=O)/C=C/C=C\C/C=C\C/C=C\CCCCC. The lowest BCUT2D eigenvalue weighted by Crippen LogP contribution is -2.29. The van der Waals surface area contributed by atoms with Gasteiger partial charge >= 0.3 is 19.8 Å². The summed E-state index contributed by atoms with van der Waals surface area (Å²) in [6.07, 6.45) is 44.2. The van der Waals surface area contributed by atoms with Crippen molar-refractivity contribution in [1.29, 1.82) is 0 Å². The zero-order chi connectivity index (χ0) is 37.7. The summed E-state index contributed by atoms with van der Waals surface area (Å²) in [5, 5.41) is 0. The molecule has 0 heterocycles. The standard InChI is InChI=1S/C41H63O9P/c1-3-5-7-9-11-13-15-17-18-20-22-24-26-28-30-34-40(43)48-36-39(37-49-51(45,46)47)50-41(44)35-31-33-38(42)32-29-27-25-23-21-19-16-14-12-10-8-6-4-2/h5,7,11-14,17-19,21-22,24-25,27,29,32,39H,3-4,6,8-10,15-16,20,23,26,28,30-31,33-37H2,1-2H3,(H2,45,46,47)/b7-5-,13-11-,14-12-,18-17-,21-19-,24-22-,27-25-,32-29+/t39-/m1/s1. The van der Waals surface area contributed by atoms with Gasteiger partial charge in [0.25, 0.3) is 0 Å². The molecule has 0 saturated heterocycles. The summed E-state index contributed by atoms with van der Waals surface area (Å²) in [5.41, 5.74) is 0. The molecule has 0 rings (SSSR count). The van der Waals surface area contributed by atoms with Crippen LogP contribution in [0.2, 0.25) is 0 Å². The van der Waals surface area contributed by atoms with Crippen molar-refractivity contribution in [2.75, 3.05) is 13.2 Å². The van der Waals surface area contributed by atoms with E-state index in [1.807, 2.05) is 6.08 Å². The van der Waals surface area contributed by atoms with E-state index in [9.17, 15) is 18.9 Å². The fourth-order valence-electron chi connectivity index (χ4n) is 4.31. The van der Waals surface area contributed by atoms with Crippen LogP contribution in [0.5, 0.6) is 0 Å². The molecule has 0 aromatic heterocycles. The lowest BCUT2D eigenvalue weighted by atomic mass is 10.1. The van der Waals surface area contributed by atoms with Crippen LogP contribution in [-0.4, -0.2) is 46.8 Å². The number of hydrogen-bond donors (Lipinski definition) is 2. The molecule has 9 nitrogen and oxygen atoms in total. The van der Waals surface area contributed by atoms with Crippen molar-refractivity contribution in [3.8, 4) is 0 Å². The van der Waals surface area contributed by atoms with Crippen molar-refractivity contribution < 1.29 is 42.7 Å². The molecule has 0 saturated carbocycles. The van der Waals surface area contributed by atoms with Crippen LogP contribution >= 0.6 is 7.82 Å². The molecule has 51 heavy (non-hydrogen) atoms. The topological polar surface area (TPSA) is 136 Å². The van der Waals surface area contributed by atoms with Gasteiger partial charge in [-0.3, -0.25) is 18.9 Å². The fraction of sp³-hybridized carbons (Fsp3) is 0.537. The number of phosphoric ester groups is 1. The van der Waals surface area contributed by atoms with Crippen LogP contribution in [0.15, 0.2) is 97.2 Å². The van der Waals surface area contributed by atoms with Crippen LogP contribution < -0.4 is 0 Å². The first kappa shape index (κ1) is 47.6. The van der Waals surface area contributed by atoms with E-state index in [4.69, 9.17) is 19.3 Å². The maximum atomic E-state index is 12.3. The fourth-order valence-corrected chi connectivity index (χ4v) is 4.67. The van der Waals surface area contributed by atoms with Gasteiger partial charge in [-0.2, -0.15) is 0 Å². The average molecular weight is 731 g/mol. The van der Waals surface area contributed by atoms with Crippen molar-refractivity contribution in [3.63, 3.8) is 0 Å². The van der Waals surface area contributed by atoms with Gasteiger partial charge in [0.05, 0.1) is 6.61 Å². The Labute approximate surface area is 307 Å². The lowest BCUT2D eigenvalue weighted by molar-refractivity contribution is -0.161. The normalized spacial score (nSPS) is 13.5. The summed E-state index contributed by atoms with van der Waals surface area (Å²) in [7, 11) is -4.83. The summed E-state index contributed by atoms with van der Waals surface area (Å²) in [5.74, 6) is -1.35. The van der Waals surface area contributed by atoms with Gasteiger partial charge in [-0.05, 0) is 83.1 Å². The number of rotatable bonds is 32.